The number of nitrogens with zero attached hydrogens (tertiary/aromatic N) is 1. The molecule has 0 unspecified atom stereocenters. The second-order valence-electron chi connectivity index (χ2n) is 8.61. The molecule has 0 saturated heterocycles. The van der Waals surface area contributed by atoms with Gasteiger partial charge in [0.15, 0.2) is 17.0 Å². The number of pyridine rings is 2. The van der Waals surface area contributed by atoms with Crippen molar-refractivity contribution in [2.45, 2.75) is 44.9 Å². The van der Waals surface area contributed by atoms with Gasteiger partial charge in [0.05, 0.1) is 18.0 Å². The third kappa shape index (κ3) is 3.52. The van der Waals surface area contributed by atoms with Crippen LogP contribution in [-0.4, -0.2) is 17.1 Å². The first-order valence-corrected chi connectivity index (χ1v) is 9.79. The lowest BCUT2D eigenvalue weighted by Crippen LogP contribution is -2.29. The van der Waals surface area contributed by atoms with Gasteiger partial charge in [-0.1, -0.05) is 19.9 Å². The first kappa shape index (κ1) is 19.6. The summed E-state index contributed by atoms with van der Waals surface area (Å²) in [6.45, 7) is 4.36. The molecule has 4 nitrogen and oxygen atoms in total. The molecule has 4 rings (SSSR count). The summed E-state index contributed by atoms with van der Waals surface area (Å²) in [6, 6.07) is 6.16. The Balaban J connectivity index is 1.87. The lowest BCUT2D eigenvalue weighted by atomic mass is 9.64. The van der Waals surface area contributed by atoms with Crippen molar-refractivity contribution in [2.75, 3.05) is 7.11 Å². The average Bonchev–Trinajstić information content (AvgIpc) is 2.69. The van der Waals surface area contributed by atoms with Crippen LogP contribution in [0.2, 0.25) is 0 Å². The second kappa shape index (κ2) is 7.25. The normalized spacial score (nSPS) is 21.3. The number of halogens is 2. The van der Waals surface area contributed by atoms with Gasteiger partial charge in [-0.3, -0.25) is 9.78 Å². The smallest absolute Gasteiger partial charge is 0.200 e. The lowest BCUT2D eigenvalue weighted by Gasteiger charge is -2.41. The molecule has 6 heteroatoms. The molecule has 1 aliphatic carbocycles. The van der Waals surface area contributed by atoms with E-state index in [0.717, 1.165) is 36.5 Å². The van der Waals surface area contributed by atoms with Gasteiger partial charge in [-0.05, 0) is 42.7 Å². The molecule has 152 valence electrons. The third-order valence-electron chi connectivity index (χ3n) is 6.13. The third-order valence-corrected chi connectivity index (χ3v) is 6.13. The second-order valence-corrected chi connectivity index (χ2v) is 8.61. The predicted octanol–water partition coefficient (Wildman–Crippen LogP) is 5.29. The standard InChI is InChI=1S/C23H24F2N2O2/c1-23(2)8-6-13(19-10-20(28)16-12-26-9-7-18(16)27-19)15(11-23)14-4-5-17(24)21(25)22(14)29-3/h4-5,7,9-10,12-13,15H,6,8,11H2,1-3H3,(H,27,28)/t13-,15-/m1/s1. The molecule has 2 atom stereocenters. The van der Waals surface area contributed by atoms with E-state index in [1.165, 1.54) is 7.11 Å². The van der Waals surface area contributed by atoms with Gasteiger partial charge in [-0.15, -0.1) is 0 Å². The fourth-order valence-electron chi connectivity index (χ4n) is 4.64. The Bertz CT molecular complexity index is 1120. The number of H-pyrrole nitrogens is 1. The molecule has 0 radical (unpaired) electrons. The predicted molar refractivity (Wildman–Crippen MR) is 108 cm³/mol. The SMILES string of the molecule is COc1c([C@@H]2CC(C)(C)CC[C@H]2c2cc(=O)c3cnccc3[nH]2)ccc(F)c1F. The van der Waals surface area contributed by atoms with Crippen LogP contribution in [0, 0.1) is 17.0 Å². The highest BCUT2D eigenvalue weighted by atomic mass is 19.2. The Morgan fingerprint density at radius 3 is 2.76 bits per heavy atom. The highest BCUT2D eigenvalue weighted by Crippen LogP contribution is 2.52. The molecule has 1 aliphatic rings. The van der Waals surface area contributed by atoms with Crippen LogP contribution < -0.4 is 10.2 Å². The van der Waals surface area contributed by atoms with Gasteiger partial charge in [-0.25, -0.2) is 4.39 Å². The Morgan fingerprint density at radius 2 is 2.00 bits per heavy atom. The summed E-state index contributed by atoms with van der Waals surface area (Å²) >= 11 is 0. The highest BCUT2D eigenvalue weighted by Gasteiger charge is 2.39. The van der Waals surface area contributed by atoms with Gasteiger partial charge in [0, 0.05) is 35.6 Å². The minimum absolute atomic E-state index is 0.0351. The Morgan fingerprint density at radius 1 is 1.21 bits per heavy atom. The van der Waals surface area contributed by atoms with Crippen LogP contribution in [0.4, 0.5) is 8.78 Å². The first-order valence-electron chi connectivity index (χ1n) is 9.79. The number of benzene rings is 1. The molecule has 2 aromatic heterocycles. The summed E-state index contributed by atoms with van der Waals surface area (Å²) in [5.41, 5.74) is 2.12. The van der Waals surface area contributed by atoms with Crippen molar-refractivity contribution in [1.29, 1.82) is 0 Å². The van der Waals surface area contributed by atoms with Crippen molar-refractivity contribution in [3.63, 3.8) is 0 Å². The number of methoxy groups -OCH3 is 1. The first-order chi connectivity index (χ1) is 13.8. The van der Waals surface area contributed by atoms with E-state index in [9.17, 15) is 13.6 Å². The maximum atomic E-state index is 14.4. The van der Waals surface area contributed by atoms with Crippen LogP contribution in [0.3, 0.4) is 0 Å². The maximum absolute atomic E-state index is 14.4. The molecule has 0 aliphatic heterocycles. The number of aromatic nitrogens is 2. The molecule has 1 saturated carbocycles. The number of hydrogen-bond donors (Lipinski definition) is 1. The summed E-state index contributed by atoms with van der Waals surface area (Å²) < 4.78 is 33.5. The van der Waals surface area contributed by atoms with E-state index in [1.54, 1.807) is 30.6 Å². The number of hydrogen-bond acceptors (Lipinski definition) is 3. The van der Waals surface area contributed by atoms with E-state index in [2.05, 4.69) is 23.8 Å². The van der Waals surface area contributed by atoms with E-state index in [0.29, 0.717) is 10.9 Å². The summed E-state index contributed by atoms with van der Waals surface area (Å²) in [5, 5.41) is 0.536. The molecular formula is C23H24F2N2O2. The molecule has 1 aromatic carbocycles. The number of ether oxygens (including phenoxy) is 1. The monoisotopic (exact) mass is 398 g/mol. The van der Waals surface area contributed by atoms with E-state index < -0.39 is 11.6 Å². The zero-order valence-corrected chi connectivity index (χ0v) is 16.8. The fourth-order valence-corrected chi connectivity index (χ4v) is 4.64. The van der Waals surface area contributed by atoms with Crippen LogP contribution in [-0.2, 0) is 0 Å². The van der Waals surface area contributed by atoms with E-state index >= 15 is 0 Å². The zero-order chi connectivity index (χ0) is 20.8. The van der Waals surface area contributed by atoms with Crippen molar-refractivity contribution in [1.82, 2.24) is 9.97 Å². The molecule has 0 amide bonds. The van der Waals surface area contributed by atoms with Crippen LogP contribution >= 0.6 is 0 Å². The molecule has 1 N–H and O–H groups in total. The van der Waals surface area contributed by atoms with Gasteiger partial charge in [0.1, 0.15) is 0 Å². The topological polar surface area (TPSA) is 55.0 Å². The van der Waals surface area contributed by atoms with Crippen LogP contribution in [0.25, 0.3) is 10.9 Å². The maximum Gasteiger partial charge on any atom is 0.200 e. The van der Waals surface area contributed by atoms with E-state index in [-0.39, 0.29) is 28.4 Å². The Hall–Kier alpha value is -2.76. The van der Waals surface area contributed by atoms with Crippen molar-refractivity contribution in [3.05, 3.63) is 69.8 Å². The number of nitrogens with one attached hydrogen (secondary N) is 1. The summed E-state index contributed by atoms with van der Waals surface area (Å²) in [6.07, 6.45) is 5.76. The summed E-state index contributed by atoms with van der Waals surface area (Å²) in [7, 11) is 1.36. The van der Waals surface area contributed by atoms with E-state index in [4.69, 9.17) is 4.74 Å². The zero-order valence-electron chi connectivity index (χ0n) is 16.8. The number of fused-ring (bicyclic) bond motifs is 1. The molecule has 3 aromatic rings. The van der Waals surface area contributed by atoms with Crippen LogP contribution in [0.15, 0.2) is 41.5 Å². The van der Waals surface area contributed by atoms with Crippen molar-refractivity contribution >= 4 is 10.9 Å². The fraction of sp³-hybridized carbons (Fsp3) is 0.391. The molecule has 2 heterocycles. The van der Waals surface area contributed by atoms with Gasteiger partial charge >= 0.3 is 0 Å². The molecule has 1 fully saturated rings. The Kier molecular flexibility index (Phi) is 4.89. The van der Waals surface area contributed by atoms with Crippen molar-refractivity contribution in [3.8, 4) is 5.75 Å². The number of aromatic amines is 1. The largest absolute Gasteiger partial charge is 0.493 e. The highest BCUT2D eigenvalue weighted by molar-refractivity contribution is 5.77. The van der Waals surface area contributed by atoms with Crippen molar-refractivity contribution in [2.24, 2.45) is 5.41 Å². The van der Waals surface area contributed by atoms with Gasteiger partial charge < -0.3 is 9.72 Å². The molecule has 29 heavy (non-hydrogen) atoms. The minimum Gasteiger partial charge on any atom is -0.493 e. The summed E-state index contributed by atoms with van der Waals surface area (Å²) in [5.74, 6) is -2.09. The molecule has 0 spiro atoms. The number of rotatable bonds is 3. The van der Waals surface area contributed by atoms with Crippen LogP contribution in [0.5, 0.6) is 5.75 Å². The average molecular weight is 398 g/mol. The minimum atomic E-state index is -0.967. The lowest BCUT2D eigenvalue weighted by molar-refractivity contribution is 0.192. The van der Waals surface area contributed by atoms with Gasteiger partial charge in [0.2, 0.25) is 5.82 Å². The van der Waals surface area contributed by atoms with E-state index in [1.807, 2.05) is 0 Å². The van der Waals surface area contributed by atoms with Crippen molar-refractivity contribution < 1.29 is 13.5 Å². The van der Waals surface area contributed by atoms with Gasteiger partial charge in [-0.2, -0.15) is 4.39 Å². The Labute approximate surface area is 167 Å². The molecular weight excluding hydrogens is 374 g/mol. The van der Waals surface area contributed by atoms with Crippen LogP contribution in [0.1, 0.15) is 56.2 Å². The summed E-state index contributed by atoms with van der Waals surface area (Å²) in [4.78, 5) is 20.0. The van der Waals surface area contributed by atoms with Gasteiger partial charge in [0.25, 0.3) is 0 Å². The molecule has 0 bridgehead atoms. The quantitative estimate of drug-likeness (QED) is 0.652.